The first kappa shape index (κ1) is 29.1. The summed E-state index contributed by atoms with van der Waals surface area (Å²) < 4.78 is 62.9. The molecule has 1 heterocycles. The number of hydrogen-bond donors (Lipinski definition) is 0. The number of carbonyl (C=O) groups is 1. The highest BCUT2D eigenvalue weighted by molar-refractivity contribution is 5.84. The summed E-state index contributed by atoms with van der Waals surface area (Å²) in [6.07, 6.45) is -4.25. The summed E-state index contributed by atoms with van der Waals surface area (Å²) in [5.41, 5.74) is -0.732. The molecule has 0 spiro atoms. The number of alkyl halides is 3. The van der Waals surface area contributed by atoms with Gasteiger partial charge < -0.3 is 18.9 Å². The number of nitrogens with zero attached hydrogens (tertiary/aromatic N) is 3. The maximum Gasteiger partial charge on any atom is 0.416 e. The zero-order chi connectivity index (χ0) is 29.7. The Bertz CT molecular complexity index is 1640. The molecule has 4 aromatic rings. The van der Waals surface area contributed by atoms with Crippen molar-refractivity contribution in [3.05, 3.63) is 82.1 Å². The van der Waals surface area contributed by atoms with Crippen LogP contribution < -0.4 is 19.8 Å². The molecule has 41 heavy (non-hydrogen) atoms. The van der Waals surface area contributed by atoms with Crippen molar-refractivity contribution in [1.82, 2.24) is 9.66 Å². The van der Waals surface area contributed by atoms with Crippen molar-refractivity contribution >= 4 is 23.1 Å². The molecule has 0 saturated carbocycles. The van der Waals surface area contributed by atoms with Crippen LogP contribution in [0, 0.1) is 0 Å². The third-order valence-electron chi connectivity index (χ3n) is 5.92. The molecule has 4 rings (SSSR count). The Hall–Kier alpha value is -4.87. The smallest absolute Gasteiger partial charge is 0.416 e. The van der Waals surface area contributed by atoms with E-state index in [9.17, 15) is 22.8 Å². The molecule has 0 radical (unpaired) electrons. The van der Waals surface area contributed by atoms with Gasteiger partial charge in [0.1, 0.15) is 0 Å². The van der Waals surface area contributed by atoms with Crippen LogP contribution in [0.25, 0.3) is 22.3 Å². The van der Waals surface area contributed by atoms with Gasteiger partial charge in [-0.25, -0.2) is 9.78 Å². The van der Waals surface area contributed by atoms with Crippen LogP contribution in [-0.2, 0) is 15.7 Å². The maximum atomic E-state index is 13.4. The Balaban J connectivity index is 1.82. The van der Waals surface area contributed by atoms with Gasteiger partial charge in [-0.2, -0.15) is 22.9 Å². The topological polar surface area (TPSA) is 101 Å². The summed E-state index contributed by atoms with van der Waals surface area (Å²) in [5, 5.41) is 4.53. The lowest BCUT2D eigenvalue weighted by atomic mass is 10.1. The van der Waals surface area contributed by atoms with Gasteiger partial charge in [-0.15, -0.1) is 0 Å². The minimum atomic E-state index is -4.59. The highest BCUT2D eigenvalue weighted by atomic mass is 19.4. The average molecular weight is 570 g/mol. The van der Waals surface area contributed by atoms with Gasteiger partial charge in [0, 0.05) is 11.1 Å². The molecular weight excluding hydrogens is 543 g/mol. The molecular formula is C29H26F3N3O6. The second-order valence-corrected chi connectivity index (χ2v) is 8.66. The minimum absolute atomic E-state index is 0.0479. The number of esters is 1. The standard InChI is InChI=1S/C29H26F3N3O6/c1-5-40-28(37)17(2)41-25-23(38-3)13-18(14-24(25)39-4)16-33-35-26(19-9-8-10-20(15-19)29(30,31)32)34-22-12-7-6-11-21(22)27(35)36/h6-17H,5H2,1-4H3/t17-/m0/s1. The van der Waals surface area contributed by atoms with E-state index >= 15 is 0 Å². The van der Waals surface area contributed by atoms with Crippen LogP contribution in [0.1, 0.15) is 25.0 Å². The van der Waals surface area contributed by atoms with E-state index in [1.165, 1.54) is 51.6 Å². The zero-order valence-corrected chi connectivity index (χ0v) is 22.6. The van der Waals surface area contributed by atoms with Crippen LogP contribution in [-0.4, -0.2) is 48.8 Å². The third-order valence-corrected chi connectivity index (χ3v) is 5.92. The van der Waals surface area contributed by atoms with E-state index in [2.05, 4.69) is 10.1 Å². The number of methoxy groups -OCH3 is 2. The molecule has 214 valence electrons. The Labute approximate surface area is 232 Å². The van der Waals surface area contributed by atoms with E-state index in [1.54, 1.807) is 31.2 Å². The maximum absolute atomic E-state index is 13.4. The fourth-order valence-electron chi connectivity index (χ4n) is 3.95. The lowest BCUT2D eigenvalue weighted by molar-refractivity contribution is -0.150. The van der Waals surface area contributed by atoms with Crippen LogP contribution in [0.2, 0.25) is 0 Å². The summed E-state index contributed by atoms with van der Waals surface area (Å²) in [6.45, 7) is 3.37. The molecule has 0 bridgehead atoms. The first-order valence-electron chi connectivity index (χ1n) is 12.4. The second-order valence-electron chi connectivity index (χ2n) is 8.66. The number of ether oxygens (including phenoxy) is 4. The number of hydrogen-bond acceptors (Lipinski definition) is 8. The number of fused-ring (bicyclic) bond motifs is 1. The molecule has 1 aromatic heterocycles. The number of para-hydroxylation sites is 1. The van der Waals surface area contributed by atoms with Gasteiger partial charge in [0.25, 0.3) is 5.56 Å². The van der Waals surface area contributed by atoms with Crippen molar-refractivity contribution < 1.29 is 36.9 Å². The summed E-state index contributed by atoms with van der Waals surface area (Å²) in [5.74, 6) is -0.124. The van der Waals surface area contributed by atoms with Crippen LogP contribution >= 0.6 is 0 Å². The predicted molar refractivity (Wildman–Crippen MR) is 146 cm³/mol. The lowest BCUT2D eigenvalue weighted by Crippen LogP contribution is -2.26. The highest BCUT2D eigenvalue weighted by Crippen LogP contribution is 2.39. The van der Waals surface area contributed by atoms with Crippen molar-refractivity contribution in [2.24, 2.45) is 5.10 Å². The number of aromatic nitrogens is 2. The van der Waals surface area contributed by atoms with Gasteiger partial charge >= 0.3 is 12.1 Å². The fraction of sp³-hybridized carbons (Fsp3) is 0.241. The van der Waals surface area contributed by atoms with Gasteiger partial charge in [-0.1, -0.05) is 24.3 Å². The van der Waals surface area contributed by atoms with E-state index < -0.39 is 29.4 Å². The van der Waals surface area contributed by atoms with Crippen LogP contribution in [0.4, 0.5) is 13.2 Å². The molecule has 1 atom stereocenters. The van der Waals surface area contributed by atoms with E-state index in [4.69, 9.17) is 18.9 Å². The largest absolute Gasteiger partial charge is 0.493 e. The molecule has 0 aliphatic heterocycles. The normalized spacial score (nSPS) is 12.4. The SMILES string of the molecule is CCOC(=O)[C@H](C)Oc1c(OC)cc(C=Nn2c(-c3cccc(C(F)(F)F)c3)nc3ccccc3c2=O)cc1OC. The first-order valence-corrected chi connectivity index (χ1v) is 12.4. The van der Waals surface area contributed by atoms with Crippen molar-refractivity contribution in [2.75, 3.05) is 20.8 Å². The van der Waals surface area contributed by atoms with Crippen molar-refractivity contribution in [3.63, 3.8) is 0 Å². The molecule has 3 aromatic carbocycles. The minimum Gasteiger partial charge on any atom is -0.493 e. The summed E-state index contributed by atoms with van der Waals surface area (Å²) in [4.78, 5) is 30.0. The van der Waals surface area contributed by atoms with Gasteiger partial charge in [-0.05, 0) is 50.2 Å². The quantitative estimate of drug-likeness (QED) is 0.199. The number of benzene rings is 3. The molecule has 0 unspecified atom stereocenters. The Morgan fingerprint density at radius 1 is 1.05 bits per heavy atom. The zero-order valence-electron chi connectivity index (χ0n) is 22.6. The highest BCUT2D eigenvalue weighted by Gasteiger charge is 2.31. The Morgan fingerprint density at radius 2 is 1.73 bits per heavy atom. The van der Waals surface area contributed by atoms with Crippen molar-refractivity contribution in [2.45, 2.75) is 26.1 Å². The van der Waals surface area contributed by atoms with Crippen LogP contribution in [0.3, 0.4) is 0 Å². The van der Waals surface area contributed by atoms with Crippen molar-refractivity contribution in [3.8, 4) is 28.6 Å². The molecule has 12 heteroatoms. The predicted octanol–water partition coefficient (Wildman–Crippen LogP) is 5.31. The summed E-state index contributed by atoms with van der Waals surface area (Å²) in [7, 11) is 2.78. The number of carbonyl (C=O) groups excluding carboxylic acids is 1. The Kier molecular flexibility index (Phi) is 8.60. The molecule has 0 N–H and O–H groups in total. The van der Waals surface area contributed by atoms with Gasteiger partial charge in [0.2, 0.25) is 5.75 Å². The summed E-state index contributed by atoms with van der Waals surface area (Å²) in [6, 6.07) is 14.0. The van der Waals surface area contributed by atoms with E-state index in [0.717, 1.165) is 16.8 Å². The van der Waals surface area contributed by atoms with E-state index in [0.29, 0.717) is 11.1 Å². The molecule has 0 aliphatic rings. The van der Waals surface area contributed by atoms with Crippen molar-refractivity contribution in [1.29, 1.82) is 0 Å². The van der Waals surface area contributed by atoms with Crippen LogP contribution in [0.15, 0.2) is 70.6 Å². The van der Waals surface area contributed by atoms with Gasteiger partial charge in [-0.3, -0.25) is 4.79 Å². The molecule has 0 saturated heterocycles. The number of rotatable bonds is 9. The van der Waals surface area contributed by atoms with Gasteiger partial charge in [0.15, 0.2) is 23.4 Å². The van der Waals surface area contributed by atoms with E-state index in [-0.39, 0.29) is 40.6 Å². The van der Waals surface area contributed by atoms with E-state index in [1.807, 2.05) is 0 Å². The average Bonchev–Trinajstić information content (AvgIpc) is 2.96. The number of halogens is 3. The first-order chi connectivity index (χ1) is 19.6. The molecule has 0 aliphatic carbocycles. The fourth-order valence-corrected chi connectivity index (χ4v) is 3.95. The monoisotopic (exact) mass is 569 g/mol. The molecule has 0 amide bonds. The molecule has 9 nitrogen and oxygen atoms in total. The lowest BCUT2D eigenvalue weighted by Gasteiger charge is -2.18. The van der Waals surface area contributed by atoms with Crippen LogP contribution in [0.5, 0.6) is 17.2 Å². The second kappa shape index (κ2) is 12.1. The third kappa shape index (κ3) is 6.32. The molecule has 0 fully saturated rings. The van der Waals surface area contributed by atoms with Gasteiger partial charge in [0.05, 0.1) is 43.5 Å². The summed E-state index contributed by atoms with van der Waals surface area (Å²) >= 11 is 0. The Morgan fingerprint density at radius 3 is 2.37 bits per heavy atom.